The van der Waals surface area contributed by atoms with Crippen LogP contribution in [0, 0.1) is 0 Å². The molecule has 30 heavy (non-hydrogen) atoms. The van der Waals surface area contributed by atoms with Crippen LogP contribution in [0.25, 0.3) is 0 Å². The number of aromatic amines is 1. The molecule has 8 heteroatoms. The minimum Gasteiger partial charge on any atom is -0.494 e. The Morgan fingerprint density at radius 1 is 1.20 bits per heavy atom. The fourth-order valence-electron chi connectivity index (χ4n) is 3.37. The predicted octanol–water partition coefficient (Wildman–Crippen LogP) is 3.54. The van der Waals surface area contributed by atoms with Gasteiger partial charge >= 0.3 is 5.69 Å². The summed E-state index contributed by atoms with van der Waals surface area (Å²) in [7, 11) is 1.40. The molecule has 1 aromatic heterocycles. The number of ether oxygens (including phenoxy) is 1. The first kappa shape index (κ1) is 20.0. The van der Waals surface area contributed by atoms with Crippen molar-refractivity contribution in [1.29, 1.82) is 0 Å². The molecule has 0 amide bonds. The number of hydrogen-bond donors (Lipinski definition) is 2. The number of fused-ring (bicyclic) bond motifs is 1. The van der Waals surface area contributed by atoms with Crippen LogP contribution in [-0.4, -0.2) is 27.0 Å². The maximum absolute atomic E-state index is 12.6. The lowest BCUT2D eigenvalue weighted by Gasteiger charge is -2.17. The number of rotatable bonds is 4. The first-order valence-electron chi connectivity index (χ1n) is 9.56. The summed E-state index contributed by atoms with van der Waals surface area (Å²) < 4.78 is 6.54. The van der Waals surface area contributed by atoms with Gasteiger partial charge in [0.25, 0.3) is 5.56 Å². The summed E-state index contributed by atoms with van der Waals surface area (Å²) in [6.45, 7) is 2.53. The zero-order chi connectivity index (χ0) is 21.3. The highest BCUT2D eigenvalue weighted by molar-refractivity contribution is 7.99. The molecule has 0 saturated heterocycles. The number of H-pyrrole nitrogens is 1. The second kappa shape index (κ2) is 8.23. The van der Waals surface area contributed by atoms with E-state index in [4.69, 9.17) is 9.73 Å². The maximum atomic E-state index is 12.6. The Kier molecular flexibility index (Phi) is 5.50. The third-order valence-electron chi connectivity index (χ3n) is 4.91. The van der Waals surface area contributed by atoms with Gasteiger partial charge < -0.3 is 9.84 Å². The molecular formula is C22H21N3O4S. The molecule has 1 aliphatic heterocycles. The van der Waals surface area contributed by atoms with E-state index >= 15 is 0 Å². The fraction of sp³-hybridized carbons (Fsp3) is 0.227. The topological polar surface area (TPSA) is 96.7 Å². The quantitative estimate of drug-likeness (QED) is 0.669. The lowest BCUT2D eigenvalue weighted by molar-refractivity contribution is 0.340. The standard InChI is InChI=1S/C22H21N3O4S/c1-3-29-14-10-8-13(9-11-14)18-12-16(23-15-6-4-5-7-17(15)30-18)19-20(26)24-22(28)25(2)21(19)27/h4-11,18,27H,3,12H2,1-2H3,(H,24,26,28)/t18-/m1/s1. The molecular weight excluding hydrogens is 402 g/mol. The highest BCUT2D eigenvalue weighted by Crippen LogP contribution is 2.45. The molecule has 0 saturated carbocycles. The van der Waals surface area contributed by atoms with Gasteiger partial charge in [0, 0.05) is 23.6 Å². The molecule has 0 unspecified atom stereocenters. The lowest BCUT2D eigenvalue weighted by Crippen LogP contribution is -2.32. The van der Waals surface area contributed by atoms with Crippen LogP contribution in [0.5, 0.6) is 11.6 Å². The Labute approximate surface area is 177 Å². The van der Waals surface area contributed by atoms with Gasteiger partial charge in [-0.1, -0.05) is 24.3 Å². The SMILES string of the molecule is CCOc1ccc([C@H]2CC(c3c(O)n(C)c(=O)[nH]c3=O)=Nc3ccccc3S2)cc1. The molecule has 154 valence electrons. The molecule has 7 nitrogen and oxygen atoms in total. The number of aromatic hydroxyl groups is 1. The average molecular weight is 423 g/mol. The summed E-state index contributed by atoms with van der Waals surface area (Å²) >= 11 is 1.65. The van der Waals surface area contributed by atoms with E-state index in [1.165, 1.54) is 7.05 Å². The second-order valence-corrected chi connectivity index (χ2v) is 8.10. The van der Waals surface area contributed by atoms with E-state index < -0.39 is 17.1 Å². The van der Waals surface area contributed by atoms with Crippen LogP contribution in [0.1, 0.15) is 29.7 Å². The van der Waals surface area contributed by atoms with Crippen LogP contribution in [0.3, 0.4) is 0 Å². The molecule has 0 bridgehead atoms. The van der Waals surface area contributed by atoms with Gasteiger partial charge in [0.05, 0.1) is 18.0 Å². The zero-order valence-corrected chi connectivity index (χ0v) is 17.4. The van der Waals surface area contributed by atoms with Crippen molar-refractivity contribution >= 4 is 23.2 Å². The highest BCUT2D eigenvalue weighted by Gasteiger charge is 2.26. The van der Waals surface area contributed by atoms with Crippen LogP contribution in [0.2, 0.25) is 0 Å². The Morgan fingerprint density at radius 3 is 2.67 bits per heavy atom. The smallest absolute Gasteiger partial charge is 0.330 e. The Morgan fingerprint density at radius 2 is 1.93 bits per heavy atom. The van der Waals surface area contributed by atoms with E-state index in [1.807, 2.05) is 55.5 Å². The van der Waals surface area contributed by atoms with Crippen molar-refractivity contribution in [3.05, 3.63) is 80.5 Å². The molecule has 2 N–H and O–H groups in total. The molecule has 0 spiro atoms. The van der Waals surface area contributed by atoms with Crippen molar-refractivity contribution in [3.63, 3.8) is 0 Å². The number of benzene rings is 2. The molecule has 4 rings (SSSR count). The van der Waals surface area contributed by atoms with Gasteiger partial charge in [0.1, 0.15) is 11.3 Å². The summed E-state index contributed by atoms with van der Waals surface area (Å²) in [6.07, 6.45) is 0.405. The van der Waals surface area contributed by atoms with Gasteiger partial charge in [-0.25, -0.2) is 4.79 Å². The summed E-state index contributed by atoms with van der Waals surface area (Å²) in [4.78, 5) is 32.3. The molecule has 0 radical (unpaired) electrons. The largest absolute Gasteiger partial charge is 0.494 e. The van der Waals surface area contributed by atoms with Gasteiger partial charge in [-0.2, -0.15) is 0 Å². The Hall–Kier alpha value is -3.26. The van der Waals surface area contributed by atoms with E-state index in [-0.39, 0.29) is 10.8 Å². The number of thioether (sulfide) groups is 1. The summed E-state index contributed by atoms with van der Waals surface area (Å²) in [5, 5.41) is 10.5. The zero-order valence-electron chi connectivity index (χ0n) is 16.6. The minimum atomic E-state index is -0.673. The molecule has 1 aliphatic rings. The Balaban J connectivity index is 1.83. The number of nitrogens with one attached hydrogen (secondary N) is 1. The highest BCUT2D eigenvalue weighted by atomic mass is 32.2. The third kappa shape index (κ3) is 3.78. The van der Waals surface area contributed by atoms with E-state index in [9.17, 15) is 14.7 Å². The maximum Gasteiger partial charge on any atom is 0.330 e. The van der Waals surface area contributed by atoms with Crippen LogP contribution < -0.4 is 16.0 Å². The van der Waals surface area contributed by atoms with Crippen molar-refractivity contribution in [2.75, 3.05) is 6.61 Å². The second-order valence-electron chi connectivity index (χ2n) is 6.86. The Bertz CT molecular complexity index is 1230. The van der Waals surface area contributed by atoms with Crippen molar-refractivity contribution < 1.29 is 9.84 Å². The van der Waals surface area contributed by atoms with E-state index in [1.54, 1.807) is 11.8 Å². The van der Waals surface area contributed by atoms with Crippen molar-refractivity contribution in [3.8, 4) is 11.6 Å². The number of nitrogens with zero attached hydrogens (tertiary/aromatic N) is 2. The molecule has 3 aromatic rings. The average Bonchev–Trinajstić information content (AvgIpc) is 2.92. The first-order valence-corrected chi connectivity index (χ1v) is 10.4. The number of aliphatic imine (C=N–C) groups is 1. The number of para-hydroxylation sites is 1. The van der Waals surface area contributed by atoms with Gasteiger partial charge in [-0.3, -0.25) is 19.3 Å². The van der Waals surface area contributed by atoms with Crippen molar-refractivity contribution in [1.82, 2.24) is 9.55 Å². The fourth-order valence-corrected chi connectivity index (χ4v) is 4.60. The summed E-state index contributed by atoms with van der Waals surface area (Å²) in [6, 6.07) is 15.5. The third-order valence-corrected chi connectivity index (χ3v) is 6.24. The first-order chi connectivity index (χ1) is 14.5. The molecule has 0 aliphatic carbocycles. The van der Waals surface area contributed by atoms with Gasteiger partial charge in [0.2, 0.25) is 5.88 Å². The normalized spacial score (nSPS) is 15.8. The summed E-state index contributed by atoms with van der Waals surface area (Å²) in [5.74, 6) is 0.402. The van der Waals surface area contributed by atoms with Crippen LogP contribution >= 0.6 is 11.8 Å². The van der Waals surface area contributed by atoms with Crippen LogP contribution in [0.4, 0.5) is 5.69 Å². The lowest BCUT2D eigenvalue weighted by atomic mass is 10.0. The molecule has 2 aromatic carbocycles. The van der Waals surface area contributed by atoms with E-state index in [0.717, 1.165) is 26.5 Å². The molecule has 0 fully saturated rings. The predicted molar refractivity (Wildman–Crippen MR) is 117 cm³/mol. The van der Waals surface area contributed by atoms with Crippen molar-refractivity contribution in [2.45, 2.75) is 23.5 Å². The molecule has 1 atom stereocenters. The molecule has 2 heterocycles. The van der Waals surface area contributed by atoms with Crippen LogP contribution in [-0.2, 0) is 7.05 Å². The number of hydrogen-bond acceptors (Lipinski definition) is 6. The van der Waals surface area contributed by atoms with E-state index in [2.05, 4.69) is 4.98 Å². The minimum absolute atomic E-state index is 0.0188. The van der Waals surface area contributed by atoms with Gasteiger partial charge in [-0.05, 0) is 36.8 Å². The van der Waals surface area contributed by atoms with E-state index in [0.29, 0.717) is 18.7 Å². The van der Waals surface area contributed by atoms with Crippen LogP contribution in [0.15, 0.2) is 68.0 Å². The number of aromatic nitrogens is 2. The van der Waals surface area contributed by atoms with Crippen molar-refractivity contribution in [2.24, 2.45) is 12.0 Å². The van der Waals surface area contributed by atoms with Gasteiger partial charge in [0.15, 0.2) is 0 Å². The summed E-state index contributed by atoms with van der Waals surface area (Å²) in [5.41, 5.74) is 0.899. The van der Waals surface area contributed by atoms with Gasteiger partial charge in [-0.15, -0.1) is 11.8 Å². The monoisotopic (exact) mass is 423 g/mol.